The van der Waals surface area contributed by atoms with Gasteiger partial charge in [0.05, 0.1) is 0 Å². The Morgan fingerprint density at radius 2 is 1.06 bits per heavy atom. The van der Waals surface area contributed by atoms with Gasteiger partial charge >= 0.3 is 0 Å². The minimum Gasteiger partial charge on any atom is -0.137 e. The highest BCUT2D eigenvalue weighted by Crippen LogP contribution is 2.44. The molecule has 0 aromatic carbocycles. The van der Waals surface area contributed by atoms with E-state index >= 15 is 0 Å². The van der Waals surface area contributed by atoms with Crippen LogP contribution in [0, 0.1) is 29.6 Å². The van der Waals surface area contributed by atoms with Crippen molar-refractivity contribution in [3.05, 3.63) is 0 Å². The topological polar surface area (TPSA) is 0 Å². The van der Waals surface area contributed by atoms with E-state index in [1.807, 2.05) is 0 Å². The molecular formula is C15H31P3. The van der Waals surface area contributed by atoms with Crippen LogP contribution in [0.1, 0.15) is 44.9 Å². The Labute approximate surface area is 121 Å². The molecule has 0 radical (unpaired) electrons. The van der Waals surface area contributed by atoms with Crippen molar-refractivity contribution >= 4 is 27.7 Å². The summed E-state index contributed by atoms with van der Waals surface area (Å²) >= 11 is 0. The first-order valence-corrected chi connectivity index (χ1v) is 10.3. The fraction of sp³-hybridized carbons (Fsp3) is 1.00. The largest absolute Gasteiger partial charge is 0.137 e. The van der Waals surface area contributed by atoms with Crippen molar-refractivity contribution in [2.45, 2.75) is 44.9 Å². The highest BCUT2D eigenvalue weighted by molar-refractivity contribution is 7.16. The predicted octanol–water partition coefficient (Wildman–Crippen LogP) is 4.45. The first-order valence-electron chi connectivity index (χ1n) is 7.87. The summed E-state index contributed by atoms with van der Waals surface area (Å²) in [4.78, 5) is 0. The molecule has 0 bridgehead atoms. The van der Waals surface area contributed by atoms with Crippen LogP contribution in [0.2, 0.25) is 0 Å². The van der Waals surface area contributed by atoms with Crippen molar-refractivity contribution in [1.29, 1.82) is 0 Å². The van der Waals surface area contributed by atoms with Crippen LogP contribution in [-0.2, 0) is 0 Å². The molecule has 0 saturated heterocycles. The molecule has 2 aliphatic rings. The lowest BCUT2D eigenvalue weighted by Gasteiger charge is -2.41. The molecule has 0 spiro atoms. The summed E-state index contributed by atoms with van der Waals surface area (Å²) in [6.45, 7) is 0. The van der Waals surface area contributed by atoms with Crippen LogP contribution in [0.5, 0.6) is 0 Å². The van der Waals surface area contributed by atoms with E-state index in [0.29, 0.717) is 0 Å². The molecule has 0 nitrogen and oxygen atoms in total. The molecule has 2 rings (SSSR count). The fourth-order valence-electron chi connectivity index (χ4n) is 4.28. The molecule has 3 heteroatoms. The zero-order valence-corrected chi connectivity index (χ0v) is 15.2. The zero-order chi connectivity index (χ0) is 13.0. The molecule has 0 heterocycles. The molecule has 2 aliphatic carbocycles. The summed E-state index contributed by atoms with van der Waals surface area (Å²) in [6, 6.07) is 0. The van der Waals surface area contributed by atoms with Crippen LogP contribution < -0.4 is 0 Å². The van der Waals surface area contributed by atoms with E-state index in [0.717, 1.165) is 29.6 Å². The highest BCUT2D eigenvalue weighted by Gasteiger charge is 2.33. The van der Waals surface area contributed by atoms with Gasteiger partial charge < -0.3 is 0 Å². The molecule has 0 aromatic rings. The molecular weight excluding hydrogens is 273 g/mol. The van der Waals surface area contributed by atoms with E-state index < -0.39 is 0 Å². The minimum absolute atomic E-state index is 0.999. The fourth-order valence-corrected chi connectivity index (χ4v) is 5.52. The Hall–Kier alpha value is 1.29. The third-order valence-electron chi connectivity index (χ3n) is 5.50. The van der Waals surface area contributed by atoms with E-state index in [2.05, 4.69) is 27.7 Å². The summed E-state index contributed by atoms with van der Waals surface area (Å²) < 4.78 is 0. The summed E-state index contributed by atoms with van der Waals surface area (Å²) in [5.74, 6) is 5.14. The summed E-state index contributed by atoms with van der Waals surface area (Å²) in [7, 11) is 8.93. The molecule has 0 amide bonds. The molecule has 2 fully saturated rings. The van der Waals surface area contributed by atoms with Gasteiger partial charge in [0.25, 0.3) is 0 Å². The van der Waals surface area contributed by atoms with Crippen molar-refractivity contribution < 1.29 is 0 Å². The van der Waals surface area contributed by atoms with Crippen LogP contribution in [0.3, 0.4) is 0 Å². The summed E-state index contributed by atoms with van der Waals surface area (Å²) in [5.41, 5.74) is 0. The average Bonchev–Trinajstić information content (AvgIpc) is 2.46. The van der Waals surface area contributed by atoms with Gasteiger partial charge in [-0.05, 0) is 93.0 Å². The lowest BCUT2D eigenvalue weighted by Crippen LogP contribution is -2.31. The van der Waals surface area contributed by atoms with Crippen LogP contribution in [0.25, 0.3) is 0 Å². The number of hydrogen-bond acceptors (Lipinski definition) is 0. The minimum atomic E-state index is 0.999. The molecule has 106 valence electrons. The summed E-state index contributed by atoms with van der Waals surface area (Å²) in [6.07, 6.45) is 14.6. The van der Waals surface area contributed by atoms with Gasteiger partial charge in [-0.2, -0.15) is 0 Å². The molecule has 0 aromatic heterocycles. The second kappa shape index (κ2) is 7.91. The molecule has 0 N–H and O–H groups in total. The van der Waals surface area contributed by atoms with Crippen LogP contribution in [0.4, 0.5) is 0 Å². The Bertz CT molecular complexity index is 224. The quantitative estimate of drug-likeness (QED) is 0.673. The normalized spacial score (nSPS) is 41.8. The van der Waals surface area contributed by atoms with E-state index in [4.69, 9.17) is 0 Å². The van der Waals surface area contributed by atoms with Crippen molar-refractivity contribution in [2.75, 3.05) is 18.5 Å². The maximum absolute atomic E-state index is 2.99. The highest BCUT2D eigenvalue weighted by atomic mass is 31.0. The van der Waals surface area contributed by atoms with Gasteiger partial charge in [0, 0.05) is 0 Å². The first-order chi connectivity index (χ1) is 8.76. The molecule has 0 aliphatic heterocycles. The smallest absolute Gasteiger partial charge is 0.0352 e. The number of rotatable bonds is 4. The maximum Gasteiger partial charge on any atom is -0.0352 e. The molecule has 18 heavy (non-hydrogen) atoms. The monoisotopic (exact) mass is 304 g/mol. The SMILES string of the molecule is PCC1CCC(C2CC(CP)CC(CP)C2)CC1. The van der Waals surface area contributed by atoms with Crippen LogP contribution in [0.15, 0.2) is 0 Å². The standard InChI is InChI=1S/C15H31P3/c16-8-11-1-3-14(4-2-11)15-6-12(9-17)5-13(7-15)10-18/h11-15H,1-10,16-18H2. The third-order valence-corrected chi connectivity index (χ3v) is 7.50. The Balaban J connectivity index is 1.87. The second-order valence-electron chi connectivity index (χ2n) is 6.69. The van der Waals surface area contributed by atoms with E-state index in [1.165, 1.54) is 63.4 Å². The van der Waals surface area contributed by atoms with Crippen LogP contribution >= 0.6 is 27.7 Å². The molecule has 2 saturated carbocycles. The Kier molecular flexibility index (Phi) is 6.89. The molecule has 5 unspecified atom stereocenters. The van der Waals surface area contributed by atoms with Crippen molar-refractivity contribution in [2.24, 2.45) is 29.6 Å². The predicted molar refractivity (Wildman–Crippen MR) is 93.5 cm³/mol. The van der Waals surface area contributed by atoms with Crippen molar-refractivity contribution in [1.82, 2.24) is 0 Å². The van der Waals surface area contributed by atoms with Gasteiger partial charge in [-0.3, -0.25) is 0 Å². The van der Waals surface area contributed by atoms with E-state index in [1.54, 1.807) is 0 Å². The van der Waals surface area contributed by atoms with Crippen molar-refractivity contribution in [3.8, 4) is 0 Å². The Morgan fingerprint density at radius 1 is 0.556 bits per heavy atom. The Morgan fingerprint density at radius 3 is 1.50 bits per heavy atom. The van der Waals surface area contributed by atoms with Gasteiger partial charge in [0.1, 0.15) is 0 Å². The number of hydrogen-bond donors (Lipinski definition) is 0. The van der Waals surface area contributed by atoms with Crippen LogP contribution in [-0.4, -0.2) is 18.5 Å². The van der Waals surface area contributed by atoms with Gasteiger partial charge in [0.15, 0.2) is 0 Å². The van der Waals surface area contributed by atoms with Gasteiger partial charge in [0.2, 0.25) is 0 Å². The maximum atomic E-state index is 2.99. The van der Waals surface area contributed by atoms with Crippen molar-refractivity contribution in [3.63, 3.8) is 0 Å². The third kappa shape index (κ3) is 4.14. The zero-order valence-electron chi connectivity index (χ0n) is 11.7. The summed E-state index contributed by atoms with van der Waals surface area (Å²) in [5, 5.41) is 0. The average molecular weight is 304 g/mol. The van der Waals surface area contributed by atoms with Gasteiger partial charge in [-0.15, -0.1) is 27.7 Å². The lowest BCUT2D eigenvalue weighted by atomic mass is 9.66. The second-order valence-corrected chi connectivity index (χ2v) is 8.10. The first kappa shape index (κ1) is 15.7. The van der Waals surface area contributed by atoms with E-state index in [9.17, 15) is 0 Å². The van der Waals surface area contributed by atoms with Gasteiger partial charge in [-0.25, -0.2) is 0 Å². The van der Waals surface area contributed by atoms with E-state index in [-0.39, 0.29) is 0 Å². The lowest BCUT2D eigenvalue weighted by molar-refractivity contribution is 0.124. The van der Waals surface area contributed by atoms with Gasteiger partial charge in [-0.1, -0.05) is 0 Å². The molecule has 5 atom stereocenters.